The molecule has 5 rings (SSSR count). The Morgan fingerprint density at radius 1 is 1.09 bits per heavy atom. The van der Waals surface area contributed by atoms with Crippen LogP contribution in [-0.4, -0.2) is 35.8 Å². The van der Waals surface area contributed by atoms with Crippen LogP contribution in [0.1, 0.15) is 31.7 Å². The number of ether oxygens (including phenoxy) is 1. The van der Waals surface area contributed by atoms with E-state index in [1.165, 1.54) is 12.4 Å². The predicted molar refractivity (Wildman–Crippen MR) is 123 cm³/mol. The fraction of sp³-hybridized carbons (Fsp3) is 0.208. The fourth-order valence-corrected chi connectivity index (χ4v) is 4.20. The van der Waals surface area contributed by atoms with Crippen molar-refractivity contribution in [3.63, 3.8) is 0 Å². The van der Waals surface area contributed by atoms with Crippen molar-refractivity contribution in [2.75, 3.05) is 5.73 Å². The Bertz CT molecular complexity index is 1320. The SMILES string of the molecule is Nc1ncnc2c1c(-c1ccc(Oc3ccccn3)cc1)nn2C1CCC(=CC(=O)O)CC1. The molecule has 0 spiro atoms. The van der Waals surface area contributed by atoms with Crippen LogP contribution in [0.3, 0.4) is 0 Å². The van der Waals surface area contributed by atoms with Crippen molar-refractivity contribution in [1.29, 1.82) is 0 Å². The molecule has 33 heavy (non-hydrogen) atoms. The second kappa shape index (κ2) is 8.70. The average Bonchev–Trinajstić information content (AvgIpc) is 3.21. The number of carbonyl (C=O) groups is 1. The van der Waals surface area contributed by atoms with Crippen molar-refractivity contribution in [3.05, 3.63) is 66.6 Å². The van der Waals surface area contributed by atoms with Gasteiger partial charge in [-0.15, -0.1) is 0 Å². The van der Waals surface area contributed by atoms with Gasteiger partial charge in [-0.1, -0.05) is 11.6 Å². The molecule has 9 heteroatoms. The van der Waals surface area contributed by atoms with Crippen LogP contribution in [-0.2, 0) is 4.79 Å². The summed E-state index contributed by atoms with van der Waals surface area (Å²) < 4.78 is 7.70. The van der Waals surface area contributed by atoms with Crippen molar-refractivity contribution in [1.82, 2.24) is 24.7 Å². The molecule has 1 aliphatic rings. The molecule has 4 aromatic rings. The van der Waals surface area contributed by atoms with E-state index in [2.05, 4.69) is 15.0 Å². The maximum Gasteiger partial charge on any atom is 0.328 e. The molecule has 0 bridgehead atoms. The maximum atomic E-state index is 11.0. The number of nitrogen functional groups attached to an aromatic ring is 1. The van der Waals surface area contributed by atoms with Crippen LogP contribution in [0.2, 0.25) is 0 Å². The predicted octanol–water partition coefficient (Wildman–Crippen LogP) is 4.39. The maximum absolute atomic E-state index is 11.0. The zero-order chi connectivity index (χ0) is 22.8. The summed E-state index contributed by atoms with van der Waals surface area (Å²) >= 11 is 0. The minimum absolute atomic E-state index is 0.105. The van der Waals surface area contributed by atoms with Crippen molar-refractivity contribution in [2.24, 2.45) is 0 Å². The quantitative estimate of drug-likeness (QED) is 0.435. The zero-order valence-electron chi connectivity index (χ0n) is 17.8. The molecule has 166 valence electrons. The highest BCUT2D eigenvalue weighted by Gasteiger charge is 2.25. The first-order chi connectivity index (χ1) is 16.1. The van der Waals surface area contributed by atoms with E-state index < -0.39 is 5.97 Å². The number of carboxylic acid groups (broad SMARTS) is 1. The van der Waals surface area contributed by atoms with E-state index in [9.17, 15) is 4.79 Å². The summed E-state index contributed by atoms with van der Waals surface area (Å²) in [6.45, 7) is 0. The van der Waals surface area contributed by atoms with E-state index in [0.717, 1.165) is 24.0 Å². The summed E-state index contributed by atoms with van der Waals surface area (Å²) in [5.41, 5.74) is 9.45. The molecule has 9 nitrogen and oxygen atoms in total. The monoisotopic (exact) mass is 442 g/mol. The standard InChI is InChI=1S/C24H22N6O3/c25-23-21-22(16-6-10-18(11-7-16)33-19-3-1-2-12-26-19)29-30(24(21)28-14-27-23)17-8-4-15(5-9-17)13-20(31)32/h1-3,6-7,10-14,17H,4-5,8-9H2,(H,31,32)(H2,25,27,28). The van der Waals surface area contributed by atoms with Gasteiger partial charge in [0.25, 0.3) is 0 Å². The third-order valence-corrected chi connectivity index (χ3v) is 5.78. The molecule has 0 unspecified atom stereocenters. The van der Waals surface area contributed by atoms with Gasteiger partial charge in [0.1, 0.15) is 23.6 Å². The first-order valence-electron chi connectivity index (χ1n) is 10.7. The number of fused-ring (bicyclic) bond motifs is 1. The van der Waals surface area contributed by atoms with Crippen LogP contribution in [0, 0.1) is 0 Å². The summed E-state index contributed by atoms with van der Waals surface area (Å²) in [5.74, 6) is 0.658. The molecule has 3 aromatic heterocycles. The Balaban J connectivity index is 1.46. The minimum Gasteiger partial charge on any atom is -0.478 e. The third kappa shape index (κ3) is 4.25. The number of aliphatic carboxylic acids is 1. The van der Waals surface area contributed by atoms with Gasteiger partial charge < -0.3 is 15.6 Å². The minimum atomic E-state index is -0.897. The summed E-state index contributed by atoms with van der Waals surface area (Å²) in [6.07, 6.45) is 7.45. The van der Waals surface area contributed by atoms with E-state index in [1.54, 1.807) is 12.3 Å². The van der Waals surface area contributed by atoms with Crippen molar-refractivity contribution in [2.45, 2.75) is 31.7 Å². The van der Waals surface area contributed by atoms with E-state index in [-0.39, 0.29) is 6.04 Å². The number of pyridine rings is 1. The number of anilines is 1. The lowest BCUT2D eigenvalue weighted by Gasteiger charge is -2.24. The molecule has 1 saturated carbocycles. The van der Waals surface area contributed by atoms with E-state index in [4.69, 9.17) is 20.7 Å². The number of carboxylic acids is 1. The Kier molecular flexibility index (Phi) is 5.43. The molecule has 1 aliphatic carbocycles. The molecule has 3 N–H and O–H groups in total. The largest absolute Gasteiger partial charge is 0.478 e. The molecule has 0 saturated heterocycles. The van der Waals surface area contributed by atoms with Crippen LogP contribution in [0.4, 0.5) is 5.82 Å². The molecule has 1 aromatic carbocycles. The topological polar surface area (TPSA) is 129 Å². The lowest BCUT2D eigenvalue weighted by molar-refractivity contribution is -0.131. The van der Waals surface area contributed by atoms with Gasteiger partial charge in [-0.2, -0.15) is 5.10 Å². The number of hydrogen-bond acceptors (Lipinski definition) is 7. The Hall–Kier alpha value is -4.27. The Labute approximate surface area is 189 Å². The van der Waals surface area contributed by atoms with Gasteiger partial charge in [-0.05, 0) is 56.0 Å². The number of rotatable bonds is 5. The third-order valence-electron chi connectivity index (χ3n) is 5.78. The highest BCUT2D eigenvalue weighted by molar-refractivity contribution is 5.98. The van der Waals surface area contributed by atoms with E-state index in [0.29, 0.717) is 47.0 Å². The number of nitrogens with two attached hydrogens (primary N) is 1. The van der Waals surface area contributed by atoms with Crippen molar-refractivity contribution >= 4 is 22.8 Å². The van der Waals surface area contributed by atoms with E-state index >= 15 is 0 Å². The van der Waals surface area contributed by atoms with Crippen LogP contribution in [0.15, 0.2) is 66.6 Å². The van der Waals surface area contributed by atoms with Gasteiger partial charge in [0.2, 0.25) is 5.88 Å². The Morgan fingerprint density at radius 2 is 1.88 bits per heavy atom. The molecular weight excluding hydrogens is 420 g/mol. The number of aromatic nitrogens is 5. The van der Waals surface area contributed by atoms with Gasteiger partial charge in [0.15, 0.2) is 5.65 Å². The molecule has 0 aliphatic heterocycles. The normalized spacial score (nSPS) is 16.0. The lowest BCUT2D eigenvalue weighted by Crippen LogP contribution is -2.16. The van der Waals surface area contributed by atoms with Crippen molar-refractivity contribution < 1.29 is 14.6 Å². The van der Waals surface area contributed by atoms with Crippen LogP contribution < -0.4 is 10.5 Å². The molecule has 0 amide bonds. The number of hydrogen-bond donors (Lipinski definition) is 2. The first-order valence-corrected chi connectivity index (χ1v) is 10.7. The van der Waals surface area contributed by atoms with Gasteiger partial charge in [-0.3, -0.25) is 0 Å². The summed E-state index contributed by atoms with van der Waals surface area (Å²) in [5, 5.41) is 14.6. The fourth-order valence-electron chi connectivity index (χ4n) is 4.20. The van der Waals surface area contributed by atoms with Crippen LogP contribution >= 0.6 is 0 Å². The van der Waals surface area contributed by atoms with Gasteiger partial charge in [0, 0.05) is 23.9 Å². The molecule has 3 heterocycles. The van der Waals surface area contributed by atoms with Crippen molar-refractivity contribution in [3.8, 4) is 22.9 Å². The molecule has 0 atom stereocenters. The first kappa shape index (κ1) is 20.6. The van der Waals surface area contributed by atoms with Gasteiger partial charge in [-0.25, -0.2) is 24.4 Å². The van der Waals surface area contributed by atoms with Crippen LogP contribution in [0.25, 0.3) is 22.3 Å². The molecule has 0 radical (unpaired) electrons. The smallest absolute Gasteiger partial charge is 0.328 e. The zero-order valence-corrected chi connectivity index (χ0v) is 17.8. The number of nitrogens with zero attached hydrogens (tertiary/aromatic N) is 5. The van der Waals surface area contributed by atoms with Gasteiger partial charge >= 0.3 is 5.97 Å². The lowest BCUT2D eigenvalue weighted by atomic mass is 9.90. The second-order valence-corrected chi connectivity index (χ2v) is 7.92. The van der Waals surface area contributed by atoms with Gasteiger partial charge in [0.05, 0.1) is 11.4 Å². The summed E-state index contributed by atoms with van der Waals surface area (Å²) in [6, 6.07) is 13.2. The second-order valence-electron chi connectivity index (χ2n) is 7.92. The van der Waals surface area contributed by atoms with Crippen LogP contribution in [0.5, 0.6) is 11.6 Å². The molecule has 1 fully saturated rings. The Morgan fingerprint density at radius 3 is 2.58 bits per heavy atom. The van der Waals surface area contributed by atoms with E-state index in [1.807, 2.05) is 41.1 Å². The average molecular weight is 442 g/mol. The highest BCUT2D eigenvalue weighted by Crippen LogP contribution is 2.37. The molecular formula is C24H22N6O3. The summed E-state index contributed by atoms with van der Waals surface area (Å²) in [4.78, 5) is 23.8. The number of allylic oxidation sites excluding steroid dienone is 1. The highest BCUT2D eigenvalue weighted by atomic mass is 16.5. The number of benzene rings is 1. The summed E-state index contributed by atoms with van der Waals surface area (Å²) in [7, 11) is 0.